The molecule has 1 rings (SSSR count). The van der Waals surface area contributed by atoms with E-state index in [1.807, 2.05) is 0 Å². The van der Waals surface area contributed by atoms with Crippen molar-refractivity contribution in [3.8, 4) is 0 Å². The molecule has 0 amide bonds. The van der Waals surface area contributed by atoms with Gasteiger partial charge in [0, 0.05) is 0 Å². The number of aliphatic imine (C=N–C) groups is 1. The number of nitrogens with one attached hydrogen (secondary N) is 1. The number of nitrogens with zero attached hydrogens (tertiary/aromatic N) is 1. The second-order valence-electron chi connectivity index (χ2n) is 3.09. The molecule has 1 aliphatic rings. The van der Waals surface area contributed by atoms with Gasteiger partial charge in [0.2, 0.25) is 5.96 Å². The van der Waals surface area contributed by atoms with Crippen LogP contribution in [0.1, 0.15) is 26.2 Å². The average Bonchev–Trinajstić information content (AvgIpc) is 1.83. The first-order valence-corrected chi connectivity index (χ1v) is 4.04. The van der Waals surface area contributed by atoms with E-state index in [1.54, 1.807) is 0 Å². The molecule has 0 heterocycles. The molecule has 4 nitrogen and oxygen atoms in total. The fourth-order valence-corrected chi connectivity index (χ4v) is 1.28. The number of rotatable bonds is 2. The Bertz CT molecular complexity index is 151. The quantitative estimate of drug-likeness (QED) is 0.227. The predicted molar refractivity (Wildman–Crippen MR) is 45.7 cm³/mol. The molecule has 1 atom stereocenters. The summed E-state index contributed by atoms with van der Waals surface area (Å²) in [5.74, 6) is 6.14. The molecule has 0 aromatic heterocycles. The Morgan fingerprint density at radius 1 is 1.64 bits per heavy atom. The van der Waals surface area contributed by atoms with Gasteiger partial charge in [0.15, 0.2) is 0 Å². The zero-order chi connectivity index (χ0) is 8.27. The van der Waals surface area contributed by atoms with Crippen molar-refractivity contribution >= 4 is 5.96 Å². The summed E-state index contributed by atoms with van der Waals surface area (Å²) in [7, 11) is 0. The lowest BCUT2D eigenvalue weighted by Crippen LogP contribution is -2.39. The van der Waals surface area contributed by atoms with Crippen LogP contribution in [0.5, 0.6) is 0 Å². The van der Waals surface area contributed by atoms with Gasteiger partial charge in [-0.25, -0.2) is 10.8 Å². The van der Waals surface area contributed by atoms with E-state index >= 15 is 0 Å². The molecule has 0 radical (unpaired) electrons. The molecule has 0 aliphatic heterocycles. The molecule has 0 aromatic rings. The van der Waals surface area contributed by atoms with Crippen molar-refractivity contribution in [2.24, 2.45) is 22.5 Å². The van der Waals surface area contributed by atoms with Gasteiger partial charge in [-0.3, -0.25) is 5.43 Å². The van der Waals surface area contributed by atoms with E-state index in [2.05, 4.69) is 17.3 Å². The summed E-state index contributed by atoms with van der Waals surface area (Å²) in [5, 5.41) is 0. The maximum Gasteiger partial charge on any atom is 0.203 e. The first kappa shape index (κ1) is 8.33. The molecule has 1 fully saturated rings. The third kappa shape index (κ3) is 2.08. The highest BCUT2D eigenvalue weighted by Gasteiger charge is 2.23. The zero-order valence-electron chi connectivity index (χ0n) is 6.88. The van der Waals surface area contributed by atoms with Crippen molar-refractivity contribution < 1.29 is 0 Å². The molecular weight excluding hydrogens is 140 g/mol. The molecular formula is C7H16N4. The highest BCUT2D eigenvalue weighted by Crippen LogP contribution is 2.30. The molecule has 0 aromatic carbocycles. The number of guanidine groups is 1. The van der Waals surface area contributed by atoms with Gasteiger partial charge >= 0.3 is 0 Å². The van der Waals surface area contributed by atoms with Crippen LogP contribution in [0, 0.1) is 5.92 Å². The highest BCUT2D eigenvalue weighted by molar-refractivity contribution is 5.77. The summed E-state index contributed by atoms with van der Waals surface area (Å²) in [6.07, 6.45) is 3.89. The summed E-state index contributed by atoms with van der Waals surface area (Å²) in [4.78, 5) is 4.18. The second-order valence-corrected chi connectivity index (χ2v) is 3.09. The molecule has 11 heavy (non-hydrogen) atoms. The van der Waals surface area contributed by atoms with E-state index in [4.69, 9.17) is 11.6 Å². The smallest absolute Gasteiger partial charge is 0.203 e. The third-order valence-corrected chi connectivity index (χ3v) is 2.32. The van der Waals surface area contributed by atoms with Crippen molar-refractivity contribution in [3.05, 3.63) is 0 Å². The molecule has 0 bridgehead atoms. The lowest BCUT2D eigenvalue weighted by molar-refractivity contribution is 0.274. The third-order valence-electron chi connectivity index (χ3n) is 2.32. The summed E-state index contributed by atoms with van der Waals surface area (Å²) in [5.41, 5.74) is 7.73. The number of hydrogen-bond donors (Lipinski definition) is 3. The van der Waals surface area contributed by atoms with Gasteiger partial charge in [0.1, 0.15) is 0 Å². The van der Waals surface area contributed by atoms with Crippen LogP contribution in [0.25, 0.3) is 0 Å². The van der Waals surface area contributed by atoms with Crippen LogP contribution in [0.15, 0.2) is 4.99 Å². The van der Waals surface area contributed by atoms with Crippen LogP contribution in [0.3, 0.4) is 0 Å². The van der Waals surface area contributed by atoms with Crippen molar-refractivity contribution in [1.82, 2.24) is 5.43 Å². The van der Waals surface area contributed by atoms with Gasteiger partial charge < -0.3 is 5.73 Å². The summed E-state index contributed by atoms with van der Waals surface area (Å²) < 4.78 is 0. The van der Waals surface area contributed by atoms with Crippen LogP contribution in [0.4, 0.5) is 0 Å². The molecule has 0 saturated heterocycles. The van der Waals surface area contributed by atoms with Gasteiger partial charge in [-0.1, -0.05) is 6.42 Å². The minimum absolute atomic E-state index is 0.319. The van der Waals surface area contributed by atoms with E-state index in [0.717, 1.165) is 5.92 Å². The monoisotopic (exact) mass is 156 g/mol. The summed E-state index contributed by atoms with van der Waals surface area (Å²) in [6, 6.07) is 0.319. The fourth-order valence-electron chi connectivity index (χ4n) is 1.28. The average molecular weight is 156 g/mol. The number of hydrogen-bond acceptors (Lipinski definition) is 2. The Balaban J connectivity index is 2.34. The van der Waals surface area contributed by atoms with E-state index in [1.165, 1.54) is 19.3 Å². The van der Waals surface area contributed by atoms with E-state index in [0.29, 0.717) is 12.0 Å². The number of nitrogens with two attached hydrogens (primary N) is 2. The van der Waals surface area contributed by atoms with E-state index in [-0.39, 0.29) is 0 Å². The molecule has 0 spiro atoms. The second kappa shape index (κ2) is 3.57. The first-order valence-electron chi connectivity index (χ1n) is 4.04. The minimum atomic E-state index is 0.319. The maximum absolute atomic E-state index is 5.40. The van der Waals surface area contributed by atoms with Crippen LogP contribution in [0.2, 0.25) is 0 Å². The number of hydrazine groups is 1. The van der Waals surface area contributed by atoms with Gasteiger partial charge in [-0.05, 0) is 25.7 Å². The van der Waals surface area contributed by atoms with Gasteiger partial charge in [0.05, 0.1) is 6.04 Å². The van der Waals surface area contributed by atoms with Crippen LogP contribution in [-0.4, -0.2) is 12.0 Å². The summed E-state index contributed by atoms with van der Waals surface area (Å²) in [6.45, 7) is 2.08. The largest absolute Gasteiger partial charge is 0.369 e. The molecule has 1 saturated carbocycles. The van der Waals surface area contributed by atoms with Crippen molar-refractivity contribution in [2.45, 2.75) is 32.2 Å². The predicted octanol–water partition coefficient (Wildman–Crippen LogP) is -0.0470. The Kier molecular flexibility index (Phi) is 2.70. The Morgan fingerprint density at radius 2 is 2.27 bits per heavy atom. The van der Waals surface area contributed by atoms with Gasteiger partial charge in [-0.2, -0.15) is 0 Å². The van der Waals surface area contributed by atoms with E-state index in [9.17, 15) is 0 Å². The van der Waals surface area contributed by atoms with Gasteiger partial charge in [-0.15, -0.1) is 0 Å². The molecule has 5 N–H and O–H groups in total. The van der Waals surface area contributed by atoms with Crippen molar-refractivity contribution in [1.29, 1.82) is 0 Å². The maximum atomic E-state index is 5.40. The first-order chi connectivity index (χ1) is 5.24. The van der Waals surface area contributed by atoms with Crippen LogP contribution in [-0.2, 0) is 0 Å². The molecule has 4 heteroatoms. The lowest BCUT2D eigenvalue weighted by atomic mass is 9.81. The standard InChI is InChI=1S/C7H16N4/c1-5(6-3-2-4-6)10-7(8)11-9/h5-6H,2-4,9H2,1H3,(H3,8,10,11). The Morgan fingerprint density at radius 3 is 2.64 bits per heavy atom. The zero-order valence-corrected chi connectivity index (χ0v) is 6.88. The van der Waals surface area contributed by atoms with Crippen molar-refractivity contribution in [2.75, 3.05) is 0 Å². The van der Waals surface area contributed by atoms with Gasteiger partial charge in [0.25, 0.3) is 0 Å². The SMILES string of the molecule is CC(N=C(N)NN)C1CCC1. The fraction of sp³-hybridized carbons (Fsp3) is 0.857. The summed E-state index contributed by atoms with van der Waals surface area (Å²) >= 11 is 0. The van der Waals surface area contributed by atoms with Crippen molar-refractivity contribution in [3.63, 3.8) is 0 Å². The highest BCUT2D eigenvalue weighted by atomic mass is 15.3. The molecule has 1 aliphatic carbocycles. The Labute approximate surface area is 67.0 Å². The van der Waals surface area contributed by atoms with E-state index < -0.39 is 0 Å². The van der Waals surface area contributed by atoms with Crippen LogP contribution < -0.4 is 17.0 Å². The lowest BCUT2D eigenvalue weighted by Gasteiger charge is -2.28. The Hall–Kier alpha value is -0.770. The normalized spacial score (nSPS) is 22.5. The molecule has 1 unspecified atom stereocenters. The molecule has 64 valence electrons. The minimum Gasteiger partial charge on any atom is -0.369 e. The topological polar surface area (TPSA) is 76.4 Å². The van der Waals surface area contributed by atoms with Crippen LogP contribution >= 0.6 is 0 Å².